The van der Waals surface area contributed by atoms with Gasteiger partial charge < -0.3 is 15.7 Å². The molecule has 1 aromatic carbocycles. The van der Waals surface area contributed by atoms with Crippen LogP contribution in [0, 0.1) is 0 Å². The van der Waals surface area contributed by atoms with E-state index in [0.29, 0.717) is 11.8 Å². The molecule has 0 bridgehead atoms. The molecule has 2 unspecified atom stereocenters. The van der Waals surface area contributed by atoms with E-state index >= 15 is 0 Å². The summed E-state index contributed by atoms with van der Waals surface area (Å²) >= 11 is 0. The zero-order chi connectivity index (χ0) is 13.4. The minimum Gasteiger partial charge on any atom is -0.508 e. The van der Waals surface area contributed by atoms with Gasteiger partial charge in [0.15, 0.2) is 0 Å². The van der Waals surface area contributed by atoms with Crippen molar-refractivity contribution >= 4 is 5.69 Å². The number of aromatic hydroxyl groups is 1. The summed E-state index contributed by atoms with van der Waals surface area (Å²) < 4.78 is 0. The lowest BCUT2D eigenvalue weighted by atomic mass is 10.1. The molecule has 4 nitrogen and oxygen atoms in total. The normalized spacial score (nSPS) is 25.4. The Morgan fingerprint density at radius 1 is 1.32 bits per heavy atom. The molecule has 1 aromatic rings. The number of nitrogens with zero attached hydrogens (tertiary/aromatic N) is 2. The number of hydrogen-bond acceptors (Lipinski definition) is 4. The lowest BCUT2D eigenvalue weighted by molar-refractivity contribution is 0.231. The van der Waals surface area contributed by atoms with Crippen molar-refractivity contribution in [1.82, 2.24) is 4.90 Å². The highest BCUT2D eigenvalue weighted by Gasteiger charge is 2.30. The van der Waals surface area contributed by atoms with Crippen LogP contribution in [-0.4, -0.2) is 42.2 Å². The molecule has 3 N–H and O–H groups in total. The smallest absolute Gasteiger partial charge is 0.122 e. The van der Waals surface area contributed by atoms with E-state index in [2.05, 4.69) is 15.9 Å². The maximum atomic E-state index is 10.1. The highest BCUT2D eigenvalue weighted by atomic mass is 16.3. The van der Waals surface area contributed by atoms with E-state index < -0.39 is 0 Å². The second kappa shape index (κ2) is 5.02. The van der Waals surface area contributed by atoms with Crippen molar-refractivity contribution in [2.75, 3.05) is 31.1 Å². The number of hydrogen-bond donors (Lipinski definition) is 2. The maximum absolute atomic E-state index is 10.1. The average Bonchev–Trinajstić information content (AvgIpc) is 2.85. The van der Waals surface area contributed by atoms with E-state index in [1.165, 1.54) is 19.4 Å². The van der Waals surface area contributed by atoms with Crippen LogP contribution >= 0.6 is 0 Å². The first-order valence-electron chi connectivity index (χ1n) is 7.22. The lowest BCUT2D eigenvalue weighted by Crippen LogP contribution is -2.50. The van der Waals surface area contributed by atoms with E-state index in [0.717, 1.165) is 30.9 Å². The third-order valence-electron chi connectivity index (χ3n) is 4.46. The molecule has 2 saturated heterocycles. The molecule has 2 heterocycles. The van der Waals surface area contributed by atoms with Gasteiger partial charge >= 0.3 is 0 Å². The van der Waals surface area contributed by atoms with Crippen LogP contribution in [0.4, 0.5) is 5.69 Å². The summed E-state index contributed by atoms with van der Waals surface area (Å²) in [6.45, 7) is 6.42. The summed E-state index contributed by atoms with van der Waals surface area (Å²) in [4.78, 5) is 4.98. The second-order valence-corrected chi connectivity index (χ2v) is 5.81. The van der Waals surface area contributed by atoms with E-state index in [4.69, 9.17) is 5.73 Å². The summed E-state index contributed by atoms with van der Waals surface area (Å²) in [7, 11) is 0. The zero-order valence-electron chi connectivity index (χ0n) is 11.5. The molecule has 0 radical (unpaired) electrons. The highest BCUT2D eigenvalue weighted by Crippen LogP contribution is 2.30. The Morgan fingerprint density at radius 3 is 2.89 bits per heavy atom. The number of anilines is 1. The van der Waals surface area contributed by atoms with Crippen LogP contribution in [0.1, 0.15) is 31.4 Å². The fourth-order valence-electron chi connectivity index (χ4n) is 3.34. The number of phenolic OH excluding ortho intramolecular Hbond substituents is 1. The van der Waals surface area contributed by atoms with Crippen molar-refractivity contribution in [2.45, 2.75) is 31.8 Å². The molecule has 0 amide bonds. The van der Waals surface area contributed by atoms with E-state index in [1.54, 1.807) is 0 Å². The van der Waals surface area contributed by atoms with Crippen molar-refractivity contribution < 1.29 is 5.11 Å². The van der Waals surface area contributed by atoms with Crippen molar-refractivity contribution in [3.63, 3.8) is 0 Å². The van der Waals surface area contributed by atoms with Gasteiger partial charge in [0.25, 0.3) is 0 Å². The molecule has 4 heteroatoms. The quantitative estimate of drug-likeness (QED) is 0.851. The molecule has 2 aliphatic heterocycles. The first-order valence-corrected chi connectivity index (χ1v) is 7.22. The maximum Gasteiger partial charge on any atom is 0.122 e. The monoisotopic (exact) mass is 261 g/mol. The van der Waals surface area contributed by atoms with Crippen LogP contribution in [0.3, 0.4) is 0 Å². The van der Waals surface area contributed by atoms with Gasteiger partial charge in [0, 0.05) is 49.0 Å². The summed E-state index contributed by atoms with van der Waals surface area (Å²) in [5.41, 5.74) is 7.77. The average molecular weight is 261 g/mol. The third-order valence-corrected chi connectivity index (χ3v) is 4.46. The number of rotatable bonds is 2. The standard InChI is InChI=1S/C15H23N3O/c1-11(16)14-5-4-12(9-15(14)19)18-8-7-17-6-2-3-13(17)10-18/h4-5,9,11,13,19H,2-3,6-8,10,16H2,1H3. The third kappa shape index (κ3) is 2.42. The Morgan fingerprint density at radius 2 is 2.16 bits per heavy atom. The fourth-order valence-corrected chi connectivity index (χ4v) is 3.34. The van der Waals surface area contributed by atoms with Crippen molar-refractivity contribution in [3.8, 4) is 5.75 Å². The molecule has 2 atom stereocenters. The van der Waals surface area contributed by atoms with Crippen LogP contribution in [0.15, 0.2) is 18.2 Å². The van der Waals surface area contributed by atoms with Gasteiger partial charge in [-0.2, -0.15) is 0 Å². The molecule has 0 saturated carbocycles. The number of phenols is 1. The molecule has 0 spiro atoms. The van der Waals surface area contributed by atoms with Gasteiger partial charge in [-0.3, -0.25) is 4.90 Å². The molecular weight excluding hydrogens is 238 g/mol. The van der Waals surface area contributed by atoms with Crippen LogP contribution in [0.25, 0.3) is 0 Å². The predicted octanol–water partition coefficient (Wildman–Crippen LogP) is 1.70. The highest BCUT2D eigenvalue weighted by molar-refractivity contribution is 5.54. The molecular formula is C15H23N3O. The van der Waals surface area contributed by atoms with Crippen molar-refractivity contribution in [3.05, 3.63) is 23.8 Å². The van der Waals surface area contributed by atoms with Gasteiger partial charge in [0.05, 0.1) is 0 Å². The Labute approximate surface area is 114 Å². The van der Waals surface area contributed by atoms with Crippen LogP contribution in [0.5, 0.6) is 5.75 Å². The van der Waals surface area contributed by atoms with Crippen LogP contribution < -0.4 is 10.6 Å². The molecule has 2 aliphatic rings. The molecule has 0 aromatic heterocycles. The number of benzene rings is 1. The number of fused-ring (bicyclic) bond motifs is 1. The number of nitrogens with two attached hydrogens (primary N) is 1. The van der Waals surface area contributed by atoms with Crippen molar-refractivity contribution in [1.29, 1.82) is 0 Å². The Balaban J connectivity index is 1.77. The minimum absolute atomic E-state index is 0.124. The van der Waals surface area contributed by atoms with E-state index in [1.807, 2.05) is 19.1 Å². The second-order valence-electron chi connectivity index (χ2n) is 5.81. The summed E-state index contributed by atoms with van der Waals surface area (Å²) in [5.74, 6) is 0.321. The topological polar surface area (TPSA) is 52.7 Å². The van der Waals surface area contributed by atoms with Gasteiger partial charge in [-0.15, -0.1) is 0 Å². The largest absolute Gasteiger partial charge is 0.508 e. The van der Waals surface area contributed by atoms with Gasteiger partial charge in [-0.25, -0.2) is 0 Å². The van der Waals surface area contributed by atoms with Crippen LogP contribution in [-0.2, 0) is 0 Å². The SMILES string of the molecule is CC(N)c1ccc(N2CCN3CCCC3C2)cc1O. The molecule has 3 rings (SSSR count). The number of piperazine rings is 1. The van der Waals surface area contributed by atoms with E-state index in [9.17, 15) is 5.11 Å². The predicted molar refractivity (Wildman–Crippen MR) is 77.5 cm³/mol. The van der Waals surface area contributed by atoms with Gasteiger partial charge in [0.1, 0.15) is 5.75 Å². The van der Waals surface area contributed by atoms with Gasteiger partial charge in [-0.05, 0) is 32.4 Å². The first kappa shape index (κ1) is 12.8. The van der Waals surface area contributed by atoms with E-state index in [-0.39, 0.29) is 6.04 Å². The Bertz CT molecular complexity index is 461. The van der Waals surface area contributed by atoms with Gasteiger partial charge in [0.2, 0.25) is 0 Å². The summed E-state index contributed by atoms with van der Waals surface area (Å²) in [6.07, 6.45) is 2.63. The Kier molecular flexibility index (Phi) is 3.37. The minimum atomic E-state index is -0.124. The summed E-state index contributed by atoms with van der Waals surface area (Å²) in [6, 6.07) is 6.48. The zero-order valence-corrected chi connectivity index (χ0v) is 11.5. The Hall–Kier alpha value is -1.26. The van der Waals surface area contributed by atoms with Gasteiger partial charge in [-0.1, -0.05) is 6.07 Å². The summed E-state index contributed by atoms with van der Waals surface area (Å²) in [5, 5.41) is 10.1. The molecule has 19 heavy (non-hydrogen) atoms. The first-order chi connectivity index (χ1) is 9.15. The fraction of sp³-hybridized carbons (Fsp3) is 0.600. The molecule has 0 aliphatic carbocycles. The molecule has 104 valence electrons. The lowest BCUT2D eigenvalue weighted by Gasteiger charge is -2.39. The molecule has 2 fully saturated rings. The van der Waals surface area contributed by atoms with Crippen molar-refractivity contribution in [2.24, 2.45) is 5.73 Å². The van der Waals surface area contributed by atoms with Crippen LogP contribution in [0.2, 0.25) is 0 Å².